The first-order chi connectivity index (χ1) is 9.92. The van der Waals surface area contributed by atoms with Crippen molar-refractivity contribution in [2.45, 2.75) is 32.4 Å². The second kappa shape index (κ2) is 6.35. The van der Waals surface area contributed by atoms with Gasteiger partial charge in [0.05, 0.1) is 28.1 Å². The lowest BCUT2D eigenvalue weighted by atomic mass is 10.2. The van der Waals surface area contributed by atoms with Gasteiger partial charge in [-0.1, -0.05) is 12.1 Å². The molecule has 0 spiro atoms. The summed E-state index contributed by atoms with van der Waals surface area (Å²) in [5, 5.41) is 21.1. The van der Waals surface area contributed by atoms with E-state index in [1.807, 2.05) is 14.0 Å². The van der Waals surface area contributed by atoms with Gasteiger partial charge in [0.1, 0.15) is 6.04 Å². The summed E-state index contributed by atoms with van der Waals surface area (Å²) in [4.78, 5) is 10.7. The van der Waals surface area contributed by atoms with E-state index in [0.29, 0.717) is 12.2 Å². The topological polar surface area (TPSA) is 112 Å². The summed E-state index contributed by atoms with van der Waals surface area (Å²) in [7, 11) is 1.87. The van der Waals surface area contributed by atoms with Crippen LogP contribution in [0, 0.1) is 0 Å². The molecule has 0 aliphatic rings. The zero-order chi connectivity index (χ0) is 15.6. The molecule has 114 valence electrons. The van der Waals surface area contributed by atoms with E-state index < -0.39 is 12.0 Å². The van der Waals surface area contributed by atoms with Crippen LogP contribution in [0.3, 0.4) is 0 Å². The molecule has 0 saturated heterocycles. The van der Waals surface area contributed by atoms with E-state index in [0.717, 1.165) is 22.3 Å². The Morgan fingerprint density at radius 1 is 1.57 bits per heavy atom. The highest BCUT2D eigenvalue weighted by atomic mass is 79.9. The quantitative estimate of drug-likeness (QED) is 0.771. The van der Waals surface area contributed by atoms with Gasteiger partial charge < -0.3 is 10.8 Å². The van der Waals surface area contributed by atoms with Crippen molar-refractivity contribution in [2.75, 3.05) is 0 Å². The van der Waals surface area contributed by atoms with Crippen molar-refractivity contribution in [3.63, 3.8) is 0 Å². The van der Waals surface area contributed by atoms with Gasteiger partial charge in [-0.25, -0.2) is 4.68 Å². The van der Waals surface area contributed by atoms with E-state index in [4.69, 9.17) is 10.8 Å². The monoisotopic (exact) mass is 356 g/mol. The van der Waals surface area contributed by atoms with Gasteiger partial charge in [-0.05, 0) is 22.4 Å². The Bertz CT molecular complexity index is 650. The van der Waals surface area contributed by atoms with Crippen molar-refractivity contribution in [1.29, 1.82) is 0 Å². The molecule has 8 nitrogen and oxygen atoms in total. The molecule has 0 aromatic carbocycles. The van der Waals surface area contributed by atoms with Crippen LogP contribution in [-0.4, -0.2) is 41.9 Å². The summed E-state index contributed by atoms with van der Waals surface area (Å²) in [6.45, 7) is 2.54. The zero-order valence-corrected chi connectivity index (χ0v) is 13.4. The molecule has 2 aromatic heterocycles. The van der Waals surface area contributed by atoms with E-state index in [-0.39, 0.29) is 6.42 Å². The fourth-order valence-corrected chi connectivity index (χ4v) is 2.71. The summed E-state index contributed by atoms with van der Waals surface area (Å²) in [6, 6.07) is -0.967. The number of rotatable bonds is 6. The molecule has 0 bridgehead atoms. The van der Waals surface area contributed by atoms with Gasteiger partial charge in [-0.15, -0.1) is 5.10 Å². The lowest BCUT2D eigenvalue weighted by molar-refractivity contribution is -0.138. The number of nitrogens with zero attached hydrogens (tertiary/aromatic N) is 5. The molecule has 0 saturated carbocycles. The molecule has 21 heavy (non-hydrogen) atoms. The maximum absolute atomic E-state index is 10.7. The summed E-state index contributed by atoms with van der Waals surface area (Å²) < 4.78 is 4.41. The van der Waals surface area contributed by atoms with Gasteiger partial charge in [-0.3, -0.25) is 9.48 Å². The fraction of sp³-hybridized carbons (Fsp3) is 0.500. The number of carboxylic acid groups (broad SMARTS) is 1. The van der Waals surface area contributed by atoms with Crippen LogP contribution < -0.4 is 5.73 Å². The first-order valence-electron chi connectivity index (χ1n) is 6.50. The highest BCUT2D eigenvalue weighted by Gasteiger charge is 2.16. The number of hydrogen-bond acceptors (Lipinski definition) is 5. The Labute approximate surface area is 130 Å². The Hall–Kier alpha value is -1.74. The Balaban J connectivity index is 2.13. The minimum absolute atomic E-state index is 0.155. The number of hydrogen-bond donors (Lipinski definition) is 2. The molecular weight excluding hydrogens is 340 g/mol. The predicted molar refractivity (Wildman–Crippen MR) is 78.7 cm³/mol. The molecule has 2 aromatic rings. The molecule has 2 heterocycles. The van der Waals surface area contributed by atoms with Crippen molar-refractivity contribution >= 4 is 21.9 Å². The van der Waals surface area contributed by atoms with Crippen LogP contribution in [0.1, 0.15) is 24.0 Å². The molecule has 1 unspecified atom stereocenters. The number of carbonyl (C=O) groups is 1. The van der Waals surface area contributed by atoms with Crippen LogP contribution in [0.4, 0.5) is 0 Å². The van der Waals surface area contributed by atoms with E-state index in [9.17, 15) is 4.79 Å². The molecule has 2 rings (SSSR count). The van der Waals surface area contributed by atoms with Crippen molar-refractivity contribution in [3.8, 4) is 0 Å². The minimum atomic E-state index is -1.05. The fourth-order valence-electron chi connectivity index (χ4n) is 1.97. The lowest BCUT2D eigenvalue weighted by Gasteiger charge is -2.03. The summed E-state index contributed by atoms with van der Waals surface area (Å²) in [5.41, 5.74) is 8.00. The number of halogens is 1. The van der Waals surface area contributed by atoms with Crippen molar-refractivity contribution in [2.24, 2.45) is 12.8 Å². The van der Waals surface area contributed by atoms with Crippen molar-refractivity contribution < 1.29 is 9.90 Å². The van der Waals surface area contributed by atoms with Crippen LogP contribution in [0.5, 0.6) is 0 Å². The Morgan fingerprint density at radius 2 is 2.29 bits per heavy atom. The number of carboxylic acids is 1. The highest BCUT2D eigenvalue weighted by Crippen LogP contribution is 2.22. The van der Waals surface area contributed by atoms with Crippen molar-refractivity contribution in [1.82, 2.24) is 24.8 Å². The molecule has 3 N–H and O–H groups in total. The number of aromatic nitrogens is 5. The van der Waals surface area contributed by atoms with E-state index in [1.165, 1.54) is 0 Å². The summed E-state index contributed by atoms with van der Waals surface area (Å²) in [6.07, 6.45) is 2.69. The van der Waals surface area contributed by atoms with Crippen molar-refractivity contribution in [3.05, 3.63) is 27.8 Å². The first kappa shape index (κ1) is 15.6. The van der Waals surface area contributed by atoms with Crippen LogP contribution in [0.25, 0.3) is 0 Å². The zero-order valence-electron chi connectivity index (χ0n) is 11.8. The van der Waals surface area contributed by atoms with E-state index in [2.05, 4.69) is 31.3 Å². The second-order valence-electron chi connectivity index (χ2n) is 4.74. The van der Waals surface area contributed by atoms with Gasteiger partial charge in [0, 0.05) is 19.7 Å². The van der Waals surface area contributed by atoms with E-state index in [1.54, 1.807) is 15.6 Å². The lowest BCUT2D eigenvalue weighted by Crippen LogP contribution is -2.32. The smallest absolute Gasteiger partial charge is 0.320 e. The van der Waals surface area contributed by atoms with E-state index >= 15 is 0 Å². The molecule has 1 atom stereocenters. The molecule has 9 heteroatoms. The van der Waals surface area contributed by atoms with Gasteiger partial charge in [-0.2, -0.15) is 5.10 Å². The number of aliphatic carboxylic acids is 1. The average Bonchev–Trinajstić information content (AvgIpc) is 2.98. The summed E-state index contributed by atoms with van der Waals surface area (Å²) >= 11 is 3.54. The predicted octanol–water partition coefficient (Wildman–Crippen LogP) is 0.339. The minimum Gasteiger partial charge on any atom is -0.480 e. The maximum atomic E-state index is 10.7. The highest BCUT2D eigenvalue weighted by molar-refractivity contribution is 9.10. The SMILES string of the molecule is CCc1nn(C)c(Cn2cc(CC(N)C(=O)O)nn2)c1Br. The molecule has 0 fully saturated rings. The summed E-state index contributed by atoms with van der Waals surface area (Å²) in [5.74, 6) is -1.05. The third kappa shape index (κ3) is 3.48. The van der Waals surface area contributed by atoms with Gasteiger partial charge in [0.25, 0.3) is 0 Å². The molecule has 0 aliphatic heterocycles. The van der Waals surface area contributed by atoms with Gasteiger partial charge in [0.2, 0.25) is 0 Å². The third-order valence-corrected chi connectivity index (χ3v) is 4.06. The maximum Gasteiger partial charge on any atom is 0.320 e. The Morgan fingerprint density at radius 3 is 2.86 bits per heavy atom. The standard InChI is InChI=1S/C12H17BrN6O2/c1-3-9-11(13)10(18(2)16-9)6-19-5-7(15-17-19)4-8(14)12(20)21/h5,8H,3-4,6,14H2,1-2H3,(H,20,21). The van der Waals surface area contributed by atoms with Crippen LogP contribution >= 0.6 is 15.9 Å². The third-order valence-electron chi connectivity index (χ3n) is 3.15. The van der Waals surface area contributed by atoms with Crippen LogP contribution in [-0.2, 0) is 31.2 Å². The molecule has 0 aliphatic carbocycles. The largest absolute Gasteiger partial charge is 0.480 e. The Kier molecular flexibility index (Phi) is 4.73. The molecule has 0 amide bonds. The van der Waals surface area contributed by atoms with Crippen LogP contribution in [0.15, 0.2) is 10.7 Å². The van der Waals surface area contributed by atoms with Gasteiger partial charge in [0.15, 0.2) is 0 Å². The van der Waals surface area contributed by atoms with Gasteiger partial charge >= 0.3 is 5.97 Å². The normalized spacial score (nSPS) is 12.6. The molecule has 0 radical (unpaired) electrons. The average molecular weight is 357 g/mol. The number of nitrogens with two attached hydrogens (primary N) is 1. The van der Waals surface area contributed by atoms with Crippen LogP contribution in [0.2, 0.25) is 0 Å². The second-order valence-corrected chi connectivity index (χ2v) is 5.53. The first-order valence-corrected chi connectivity index (χ1v) is 7.29. The number of aryl methyl sites for hydroxylation is 2. The molecular formula is C12H17BrN6O2.